The molecule has 28 heavy (non-hydrogen) atoms. The summed E-state index contributed by atoms with van der Waals surface area (Å²) in [5, 5.41) is 2.68. The molecule has 4 rings (SSSR count). The van der Waals surface area contributed by atoms with Crippen LogP contribution in [-0.4, -0.2) is 0 Å². The Balaban J connectivity index is 1.60. The normalized spacial score (nSPS) is 11.1. The maximum Gasteiger partial charge on any atom is 0.123 e. The van der Waals surface area contributed by atoms with Gasteiger partial charge in [-0.1, -0.05) is 40.9 Å². The Morgan fingerprint density at radius 2 is 1.61 bits per heavy atom. The fourth-order valence-electron chi connectivity index (χ4n) is 2.92. The maximum absolute atomic E-state index is 6.28. The molecule has 0 spiro atoms. The van der Waals surface area contributed by atoms with Crippen molar-refractivity contribution < 1.29 is 4.74 Å². The first-order valence-electron chi connectivity index (χ1n) is 8.86. The van der Waals surface area contributed by atoms with Gasteiger partial charge in [0, 0.05) is 30.3 Å². The molecule has 3 aromatic carbocycles. The number of fused-ring (bicyclic) bond motifs is 1. The fraction of sp³-hybridized carbons (Fsp3) is 0.130. The number of ether oxygens (including phenoxy) is 1. The molecule has 1 heterocycles. The van der Waals surface area contributed by atoms with E-state index in [1.54, 1.807) is 11.3 Å². The summed E-state index contributed by atoms with van der Waals surface area (Å²) in [7, 11) is 0. The Hall–Kier alpha value is -1.65. The molecule has 0 atom stereocenters. The van der Waals surface area contributed by atoms with E-state index in [0.29, 0.717) is 11.6 Å². The van der Waals surface area contributed by atoms with E-state index in [-0.39, 0.29) is 0 Å². The van der Waals surface area contributed by atoms with E-state index in [2.05, 4.69) is 43.3 Å². The van der Waals surface area contributed by atoms with Crippen LogP contribution < -0.4 is 4.74 Å². The quantitative estimate of drug-likeness (QED) is 0.276. The van der Waals surface area contributed by atoms with Crippen molar-refractivity contribution in [3.8, 4) is 5.75 Å². The predicted molar refractivity (Wildman–Crippen MR) is 123 cm³/mol. The third-order valence-electron chi connectivity index (χ3n) is 4.42. The standard InChI is InChI=1S/C23H18Cl2OS2/c1-15-2-9-19(10-3-15)27-14-21-20-12-17(25)6-11-22(20)28-23(21)13-26-18-7-4-16(24)5-8-18/h2-12H,13-14H2,1H3. The van der Waals surface area contributed by atoms with Gasteiger partial charge >= 0.3 is 0 Å². The highest BCUT2D eigenvalue weighted by Crippen LogP contribution is 2.37. The molecule has 5 heteroatoms. The molecule has 0 bridgehead atoms. The van der Waals surface area contributed by atoms with Gasteiger partial charge in [0.05, 0.1) is 0 Å². The van der Waals surface area contributed by atoms with Crippen LogP contribution in [0.1, 0.15) is 16.0 Å². The van der Waals surface area contributed by atoms with Crippen molar-refractivity contribution in [3.63, 3.8) is 0 Å². The number of thiophene rings is 1. The molecule has 142 valence electrons. The number of thioether (sulfide) groups is 1. The van der Waals surface area contributed by atoms with Crippen molar-refractivity contribution in [2.45, 2.75) is 24.2 Å². The zero-order valence-electron chi connectivity index (χ0n) is 15.2. The first-order chi connectivity index (χ1) is 13.6. The number of hydrogen-bond acceptors (Lipinski definition) is 3. The van der Waals surface area contributed by atoms with Crippen LogP contribution in [0.3, 0.4) is 0 Å². The van der Waals surface area contributed by atoms with E-state index in [4.69, 9.17) is 27.9 Å². The summed E-state index contributed by atoms with van der Waals surface area (Å²) in [5.41, 5.74) is 2.57. The molecular weight excluding hydrogens is 427 g/mol. The predicted octanol–water partition coefficient (Wildman–Crippen LogP) is 8.39. The van der Waals surface area contributed by atoms with Crippen LogP contribution >= 0.6 is 46.3 Å². The number of rotatable bonds is 6. The smallest absolute Gasteiger partial charge is 0.123 e. The molecule has 0 aliphatic heterocycles. The summed E-state index contributed by atoms with van der Waals surface area (Å²) in [4.78, 5) is 2.49. The Morgan fingerprint density at radius 3 is 2.36 bits per heavy atom. The molecule has 0 saturated carbocycles. The summed E-state index contributed by atoms with van der Waals surface area (Å²) in [5.74, 6) is 1.69. The molecule has 1 aromatic heterocycles. The zero-order valence-corrected chi connectivity index (χ0v) is 18.4. The van der Waals surface area contributed by atoms with Crippen molar-refractivity contribution in [3.05, 3.63) is 92.8 Å². The summed E-state index contributed by atoms with van der Waals surface area (Å²) in [6, 6.07) is 22.2. The Kier molecular flexibility index (Phi) is 6.17. The van der Waals surface area contributed by atoms with Crippen molar-refractivity contribution in [1.29, 1.82) is 0 Å². The average Bonchev–Trinajstić information content (AvgIpc) is 3.04. The highest BCUT2D eigenvalue weighted by molar-refractivity contribution is 7.98. The van der Waals surface area contributed by atoms with Gasteiger partial charge in [-0.3, -0.25) is 0 Å². The van der Waals surface area contributed by atoms with Crippen LogP contribution in [0.2, 0.25) is 10.0 Å². The lowest BCUT2D eigenvalue weighted by atomic mass is 10.1. The molecule has 0 fully saturated rings. The second-order valence-corrected chi connectivity index (χ2v) is 9.55. The molecule has 0 radical (unpaired) electrons. The van der Waals surface area contributed by atoms with E-state index < -0.39 is 0 Å². The lowest BCUT2D eigenvalue weighted by Gasteiger charge is -2.08. The fourth-order valence-corrected chi connectivity index (χ4v) is 5.39. The highest BCUT2D eigenvalue weighted by Gasteiger charge is 2.14. The van der Waals surface area contributed by atoms with Gasteiger partial charge < -0.3 is 4.74 Å². The molecular formula is C23H18Cl2OS2. The minimum Gasteiger partial charge on any atom is -0.488 e. The summed E-state index contributed by atoms with van der Waals surface area (Å²) >= 11 is 15.8. The maximum atomic E-state index is 6.28. The second kappa shape index (κ2) is 8.79. The van der Waals surface area contributed by atoms with Crippen molar-refractivity contribution in [1.82, 2.24) is 0 Å². The minimum atomic E-state index is 0.530. The monoisotopic (exact) mass is 444 g/mol. The Bertz CT molecular complexity index is 1090. The van der Waals surface area contributed by atoms with Gasteiger partial charge in [0.2, 0.25) is 0 Å². The summed E-state index contributed by atoms with van der Waals surface area (Å²) in [6.07, 6.45) is 0. The third kappa shape index (κ3) is 4.66. The number of aryl methyl sites for hydroxylation is 1. The number of benzene rings is 3. The van der Waals surface area contributed by atoms with Crippen LogP contribution in [0.25, 0.3) is 10.1 Å². The first-order valence-corrected chi connectivity index (χ1v) is 11.4. The van der Waals surface area contributed by atoms with Gasteiger partial charge in [0.1, 0.15) is 12.4 Å². The van der Waals surface area contributed by atoms with Gasteiger partial charge in [-0.05, 0) is 72.5 Å². The molecule has 4 aromatic rings. The van der Waals surface area contributed by atoms with Crippen LogP contribution in [0.4, 0.5) is 0 Å². The Morgan fingerprint density at radius 1 is 0.893 bits per heavy atom. The van der Waals surface area contributed by atoms with Gasteiger partial charge in [0.15, 0.2) is 0 Å². The average molecular weight is 445 g/mol. The minimum absolute atomic E-state index is 0.530. The molecule has 0 unspecified atom stereocenters. The lowest BCUT2D eigenvalue weighted by molar-refractivity contribution is 0.309. The topological polar surface area (TPSA) is 9.23 Å². The molecule has 1 nitrogen and oxygen atoms in total. The first kappa shape index (κ1) is 19.7. The molecule has 0 aliphatic carbocycles. The van der Waals surface area contributed by atoms with E-state index in [1.807, 2.05) is 42.1 Å². The van der Waals surface area contributed by atoms with Crippen molar-refractivity contribution >= 4 is 56.4 Å². The third-order valence-corrected chi connectivity index (χ3v) is 7.14. The van der Waals surface area contributed by atoms with Crippen molar-refractivity contribution in [2.24, 2.45) is 0 Å². The zero-order chi connectivity index (χ0) is 19.5. The van der Waals surface area contributed by atoms with E-state index in [1.165, 1.54) is 31.0 Å². The van der Waals surface area contributed by atoms with Gasteiger partial charge in [-0.2, -0.15) is 0 Å². The van der Waals surface area contributed by atoms with Crippen LogP contribution in [0.15, 0.2) is 71.6 Å². The number of hydrogen-bond donors (Lipinski definition) is 0. The highest BCUT2D eigenvalue weighted by atomic mass is 35.5. The number of halogens is 2. The van der Waals surface area contributed by atoms with Crippen LogP contribution in [0.5, 0.6) is 5.75 Å². The van der Waals surface area contributed by atoms with E-state index in [9.17, 15) is 0 Å². The summed E-state index contributed by atoms with van der Waals surface area (Å²) < 4.78 is 7.26. The SMILES string of the molecule is Cc1ccc(SCc2c(COc3ccc(Cl)cc3)sc3ccc(Cl)cc23)cc1. The lowest BCUT2D eigenvalue weighted by Crippen LogP contribution is -1.96. The molecule has 0 amide bonds. The molecule has 0 aliphatic rings. The Labute approximate surface area is 183 Å². The molecule has 0 N–H and O–H groups in total. The summed E-state index contributed by atoms with van der Waals surface area (Å²) in [6.45, 7) is 2.64. The van der Waals surface area contributed by atoms with Crippen LogP contribution in [0, 0.1) is 6.92 Å². The second-order valence-electron chi connectivity index (χ2n) is 6.49. The largest absolute Gasteiger partial charge is 0.488 e. The van der Waals surface area contributed by atoms with Gasteiger partial charge in [-0.25, -0.2) is 0 Å². The van der Waals surface area contributed by atoms with Crippen LogP contribution in [-0.2, 0) is 12.4 Å². The van der Waals surface area contributed by atoms with E-state index >= 15 is 0 Å². The van der Waals surface area contributed by atoms with E-state index in [0.717, 1.165) is 16.5 Å². The van der Waals surface area contributed by atoms with Gasteiger partial charge in [0.25, 0.3) is 0 Å². The van der Waals surface area contributed by atoms with Gasteiger partial charge in [-0.15, -0.1) is 23.1 Å². The van der Waals surface area contributed by atoms with Crippen molar-refractivity contribution in [2.75, 3.05) is 0 Å². The molecule has 0 saturated heterocycles.